The van der Waals surface area contributed by atoms with Crippen molar-refractivity contribution in [1.82, 2.24) is 4.98 Å². The maximum absolute atomic E-state index is 9.98. The summed E-state index contributed by atoms with van der Waals surface area (Å²) in [5.74, 6) is 0.775. The van der Waals surface area contributed by atoms with Crippen molar-refractivity contribution in [2.24, 2.45) is 0 Å². The highest BCUT2D eigenvalue weighted by atomic mass is 16.5. The highest BCUT2D eigenvalue weighted by molar-refractivity contribution is 5.61. The van der Waals surface area contributed by atoms with Crippen molar-refractivity contribution < 1.29 is 4.74 Å². The van der Waals surface area contributed by atoms with Crippen molar-refractivity contribution in [2.75, 3.05) is 5.32 Å². The van der Waals surface area contributed by atoms with E-state index in [4.69, 9.17) is 9.72 Å². The van der Waals surface area contributed by atoms with Gasteiger partial charge in [0.25, 0.3) is 0 Å². The molecule has 4 heteroatoms. The van der Waals surface area contributed by atoms with Crippen LogP contribution in [0.5, 0.6) is 0 Å². The van der Waals surface area contributed by atoms with E-state index in [-0.39, 0.29) is 5.60 Å². The quantitative estimate of drug-likeness (QED) is 0.804. The molecule has 0 saturated heterocycles. The van der Waals surface area contributed by atoms with Gasteiger partial charge in [-0.1, -0.05) is 49.6 Å². The third-order valence-electron chi connectivity index (χ3n) is 5.98. The summed E-state index contributed by atoms with van der Waals surface area (Å²) in [6.45, 7) is 4.72. The molecule has 0 amide bonds. The van der Waals surface area contributed by atoms with E-state index in [1.807, 2.05) is 6.07 Å². The Morgan fingerprint density at radius 1 is 1.14 bits per heavy atom. The molecule has 28 heavy (non-hydrogen) atoms. The van der Waals surface area contributed by atoms with E-state index in [2.05, 4.69) is 49.5 Å². The van der Waals surface area contributed by atoms with Gasteiger partial charge in [-0.25, -0.2) is 4.98 Å². The summed E-state index contributed by atoms with van der Waals surface area (Å²) in [7, 11) is 0. The monoisotopic (exact) mass is 375 g/mol. The lowest BCUT2D eigenvalue weighted by atomic mass is 9.87. The summed E-state index contributed by atoms with van der Waals surface area (Å²) >= 11 is 0. The Morgan fingerprint density at radius 2 is 1.89 bits per heavy atom. The van der Waals surface area contributed by atoms with Crippen molar-refractivity contribution in [3.8, 4) is 6.07 Å². The Labute approximate surface area is 167 Å². The Morgan fingerprint density at radius 3 is 2.61 bits per heavy atom. The molecular formula is C24H29N3O. The number of ether oxygens (including phenoxy) is 1. The molecular weight excluding hydrogens is 346 g/mol. The fraction of sp³-hybridized carbons (Fsp3) is 0.500. The molecule has 0 spiro atoms. The molecule has 2 heterocycles. The van der Waals surface area contributed by atoms with Crippen LogP contribution in [0.15, 0.2) is 30.3 Å². The Bertz CT molecular complexity index is 877. The zero-order chi connectivity index (χ0) is 19.6. The van der Waals surface area contributed by atoms with Gasteiger partial charge in [-0.05, 0) is 37.8 Å². The number of fused-ring (bicyclic) bond motifs is 1. The number of benzene rings is 1. The third-order valence-corrected chi connectivity index (χ3v) is 5.98. The molecule has 4 rings (SSSR count). The molecule has 1 aliphatic heterocycles. The molecule has 1 N–H and O–H groups in total. The van der Waals surface area contributed by atoms with E-state index in [0.29, 0.717) is 18.2 Å². The van der Waals surface area contributed by atoms with E-state index in [1.54, 1.807) is 0 Å². The van der Waals surface area contributed by atoms with E-state index < -0.39 is 0 Å². The molecule has 2 aromatic rings. The SMILES string of the molecule is CC1(C)Cc2c(C#N)c(NC3CCCCC3)nc(Cc3ccccc3)c2CO1. The van der Waals surface area contributed by atoms with E-state index in [0.717, 1.165) is 48.3 Å². The van der Waals surface area contributed by atoms with Crippen LogP contribution in [0.3, 0.4) is 0 Å². The van der Waals surface area contributed by atoms with Gasteiger partial charge in [0.1, 0.15) is 11.9 Å². The minimum absolute atomic E-state index is 0.258. The number of nitriles is 1. The van der Waals surface area contributed by atoms with Crippen molar-refractivity contribution >= 4 is 5.82 Å². The molecule has 0 radical (unpaired) electrons. The number of hydrogen-bond donors (Lipinski definition) is 1. The van der Waals surface area contributed by atoms with Crippen molar-refractivity contribution in [2.45, 2.75) is 77.0 Å². The van der Waals surface area contributed by atoms with Crippen molar-refractivity contribution in [3.63, 3.8) is 0 Å². The highest BCUT2D eigenvalue weighted by Crippen LogP contribution is 2.35. The van der Waals surface area contributed by atoms with Crippen LogP contribution in [0, 0.1) is 11.3 Å². The van der Waals surface area contributed by atoms with Crippen LogP contribution in [0.1, 0.15) is 73.9 Å². The predicted octanol–water partition coefficient (Wildman–Crippen LogP) is 5.14. The summed E-state index contributed by atoms with van der Waals surface area (Å²) in [4.78, 5) is 4.98. The second kappa shape index (κ2) is 7.93. The van der Waals surface area contributed by atoms with Crippen LogP contribution in [-0.2, 0) is 24.2 Å². The van der Waals surface area contributed by atoms with Crippen molar-refractivity contribution in [3.05, 3.63) is 58.3 Å². The minimum atomic E-state index is -0.258. The first-order valence-corrected chi connectivity index (χ1v) is 10.4. The third kappa shape index (κ3) is 4.05. The van der Waals surface area contributed by atoms with Crippen LogP contribution in [0.25, 0.3) is 0 Å². The van der Waals surface area contributed by atoms with Crippen LogP contribution < -0.4 is 5.32 Å². The Kier molecular flexibility index (Phi) is 5.37. The number of nitrogens with one attached hydrogen (secondary N) is 1. The number of hydrogen-bond acceptors (Lipinski definition) is 4. The standard InChI is InChI=1S/C24H29N3O/c1-24(2)14-19-20(15-25)23(26-18-11-7-4-8-12-18)27-22(21(19)16-28-24)13-17-9-5-3-6-10-17/h3,5-6,9-10,18H,4,7-8,11-14,16H2,1-2H3,(H,26,27). The molecule has 1 fully saturated rings. The van der Waals surface area contributed by atoms with Gasteiger partial charge in [-0.3, -0.25) is 0 Å². The molecule has 0 unspecified atom stereocenters. The van der Waals surface area contributed by atoms with Crippen molar-refractivity contribution in [1.29, 1.82) is 5.26 Å². The summed E-state index contributed by atoms with van der Waals surface area (Å²) in [6, 6.07) is 13.3. The molecule has 0 atom stereocenters. The lowest BCUT2D eigenvalue weighted by molar-refractivity contribution is -0.0406. The van der Waals surface area contributed by atoms with Gasteiger partial charge in [0.2, 0.25) is 0 Å². The first-order valence-electron chi connectivity index (χ1n) is 10.4. The molecule has 1 aliphatic carbocycles. The summed E-state index contributed by atoms with van der Waals surface area (Å²) < 4.78 is 6.09. The van der Waals surface area contributed by atoms with E-state index in [9.17, 15) is 5.26 Å². The number of anilines is 1. The molecule has 4 nitrogen and oxygen atoms in total. The molecule has 146 valence electrons. The van der Waals surface area contributed by atoms with Gasteiger partial charge in [0, 0.05) is 24.4 Å². The zero-order valence-electron chi connectivity index (χ0n) is 16.9. The number of pyridine rings is 1. The van der Waals surface area contributed by atoms with Crippen LogP contribution in [0.2, 0.25) is 0 Å². The summed E-state index contributed by atoms with van der Waals surface area (Å²) in [5.41, 5.74) is 4.96. The molecule has 2 aliphatic rings. The summed E-state index contributed by atoms with van der Waals surface area (Å²) in [5, 5.41) is 13.6. The second-order valence-corrected chi connectivity index (χ2v) is 8.72. The zero-order valence-corrected chi connectivity index (χ0v) is 16.9. The molecule has 1 aromatic heterocycles. The maximum atomic E-state index is 9.98. The van der Waals surface area contributed by atoms with E-state index in [1.165, 1.54) is 24.8 Å². The number of nitrogens with zero attached hydrogens (tertiary/aromatic N) is 2. The van der Waals surface area contributed by atoms with Gasteiger partial charge in [-0.2, -0.15) is 5.26 Å². The lowest BCUT2D eigenvalue weighted by Gasteiger charge is -2.34. The fourth-order valence-electron chi connectivity index (χ4n) is 4.44. The fourth-order valence-corrected chi connectivity index (χ4v) is 4.44. The summed E-state index contributed by atoms with van der Waals surface area (Å²) in [6.07, 6.45) is 7.64. The van der Waals surface area contributed by atoms with Gasteiger partial charge in [0.15, 0.2) is 0 Å². The first-order chi connectivity index (χ1) is 13.6. The second-order valence-electron chi connectivity index (χ2n) is 8.72. The average molecular weight is 376 g/mol. The number of rotatable bonds is 4. The van der Waals surface area contributed by atoms with Crippen LogP contribution in [-0.4, -0.2) is 16.6 Å². The van der Waals surface area contributed by atoms with Gasteiger partial charge < -0.3 is 10.1 Å². The largest absolute Gasteiger partial charge is 0.370 e. The normalized spacial score (nSPS) is 18.9. The van der Waals surface area contributed by atoms with Crippen LogP contribution >= 0.6 is 0 Å². The Balaban J connectivity index is 1.76. The highest BCUT2D eigenvalue weighted by Gasteiger charge is 2.32. The Hall–Kier alpha value is -2.38. The molecule has 1 saturated carbocycles. The van der Waals surface area contributed by atoms with Gasteiger partial charge >= 0.3 is 0 Å². The number of aromatic nitrogens is 1. The topological polar surface area (TPSA) is 57.9 Å². The van der Waals surface area contributed by atoms with Gasteiger partial charge in [0.05, 0.1) is 23.5 Å². The smallest absolute Gasteiger partial charge is 0.144 e. The van der Waals surface area contributed by atoms with Gasteiger partial charge in [-0.15, -0.1) is 0 Å². The minimum Gasteiger partial charge on any atom is -0.370 e. The molecule has 1 aromatic carbocycles. The maximum Gasteiger partial charge on any atom is 0.144 e. The lowest BCUT2D eigenvalue weighted by Crippen LogP contribution is -2.34. The first kappa shape index (κ1) is 19.0. The molecule has 0 bridgehead atoms. The van der Waals surface area contributed by atoms with Crippen LogP contribution in [0.4, 0.5) is 5.82 Å². The predicted molar refractivity (Wildman–Crippen MR) is 111 cm³/mol. The van der Waals surface area contributed by atoms with E-state index >= 15 is 0 Å². The average Bonchev–Trinajstić information content (AvgIpc) is 2.69.